The van der Waals surface area contributed by atoms with Gasteiger partial charge >= 0.3 is 0 Å². The molecule has 3 unspecified atom stereocenters. The SMILES string of the molecule is CC(C)(C)c1ccc(N(c2ccc(-c3cccc4c3C(C)(C)c3ccccc3-4)cc2)c2ccc3c(c2)C2(CC4CCC2C4)c2ccccc2-3)cc1. The minimum atomic E-state index is -0.0559. The topological polar surface area (TPSA) is 3.24 Å². The van der Waals surface area contributed by atoms with E-state index in [1.54, 1.807) is 11.1 Å². The van der Waals surface area contributed by atoms with Crippen LogP contribution in [0.2, 0.25) is 0 Å². The quantitative estimate of drug-likeness (QED) is 0.182. The van der Waals surface area contributed by atoms with Crippen LogP contribution >= 0.6 is 0 Å². The lowest BCUT2D eigenvalue weighted by molar-refractivity contribution is 0.327. The standard InChI is InChI=1S/C50H47N/c1-48(2,3)34-21-25-37(26-22-34)51(38-27-28-42-40-11-7-9-16-45(40)50(46(42)30-38)31-32-17-20-35(50)29-32)36-23-18-33(19-24-36)39-13-10-14-43-41-12-6-8-15-44(41)49(4,5)47(39)43/h6-16,18-19,21-28,30,32,35H,17,20,29,31H2,1-5H3. The number of anilines is 3. The molecular formula is C50H47N. The van der Waals surface area contributed by atoms with Gasteiger partial charge in [0.2, 0.25) is 0 Å². The molecule has 6 aromatic carbocycles. The van der Waals surface area contributed by atoms with Crippen LogP contribution in [0.15, 0.2) is 133 Å². The van der Waals surface area contributed by atoms with E-state index < -0.39 is 0 Å². The fourth-order valence-electron chi connectivity index (χ4n) is 11.0. The van der Waals surface area contributed by atoms with Crippen LogP contribution in [0.5, 0.6) is 0 Å². The van der Waals surface area contributed by atoms with Crippen molar-refractivity contribution in [3.05, 3.63) is 161 Å². The molecule has 4 aliphatic carbocycles. The normalized spacial score (nSPS) is 21.7. The number of nitrogens with zero attached hydrogens (tertiary/aromatic N) is 1. The van der Waals surface area contributed by atoms with Gasteiger partial charge in [0.1, 0.15) is 0 Å². The molecule has 0 saturated heterocycles. The van der Waals surface area contributed by atoms with Gasteiger partial charge in [-0.3, -0.25) is 0 Å². The average Bonchev–Trinajstić information content (AvgIpc) is 3.89. The molecule has 1 spiro atoms. The lowest BCUT2D eigenvalue weighted by Gasteiger charge is -2.37. The Kier molecular flexibility index (Phi) is 6.55. The van der Waals surface area contributed by atoms with Crippen LogP contribution in [0, 0.1) is 11.8 Å². The fraction of sp³-hybridized carbons (Fsp3) is 0.280. The maximum atomic E-state index is 2.57. The summed E-state index contributed by atoms with van der Waals surface area (Å²) >= 11 is 0. The Labute approximate surface area is 304 Å². The zero-order valence-corrected chi connectivity index (χ0v) is 30.6. The molecule has 252 valence electrons. The molecule has 2 saturated carbocycles. The Hall–Kier alpha value is -4.88. The van der Waals surface area contributed by atoms with Gasteiger partial charge in [-0.15, -0.1) is 0 Å². The fourth-order valence-corrected chi connectivity index (χ4v) is 11.0. The molecule has 2 bridgehead atoms. The van der Waals surface area contributed by atoms with Gasteiger partial charge in [0.05, 0.1) is 0 Å². The van der Waals surface area contributed by atoms with E-state index in [1.165, 1.54) is 92.8 Å². The van der Waals surface area contributed by atoms with Crippen LogP contribution in [0.4, 0.5) is 17.1 Å². The lowest BCUT2D eigenvalue weighted by atomic mass is 9.67. The molecule has 3 atom stereocenters. The summed E-state index contributed by atoms with van der Waals surface area (Å²) in [5.74, 6) is 1.59. The highest BCUT2D eigenvalue weighted by molar-refractivity contribution is 5.90. The van der Waals surface area contributed by atoms with Crippen molar-refractivity contribution < 1.29 is 0 Å². The molecule has 0 radical (unpaired) electrons. The molecule has 0 heterocycles. The van der Waals surface area contributed by atoms with Crippen LogP contribution < -0.4 is 4.90 Å². The molecule has 0 N–H and O–H groups in total. The molecule has 2 fully saturated rings. The van der Waals surface area contributed by atoms with Crippen LogP contribution in [0.1, 0.15) is 88.1 Å². The van der Waals surface area contributed by atoms with Crippen molar-refractivity contribution in [2.45, 2.75) is 76.5 Å². The zero-order chi connectivity index (χ0) is 34.7. The Bertz CT molecular complexity index is 2330. The van der Waals surface area contributed by atoms with Crippen molar-refractivity contribution >= 4 is 17.1 Å². The molecule has 0 aliphatic heterocycles. The van der Waals surface area contributed by atoms with E-state index in [0.717, 1.165) is 11.8 Å². The van der Waals surface area contributed by atoms with Crippen LogP contribution in [0.25, 0.3) is 33.4 Å². The van der Waals surface area contributed by atoms with E-state index in [1.807, 2.05) is 0 Å². The zero-order valence-electron chi connectivity index (χ0n) is 30.6. The highest BCUT2D eigenvalue weighted by atomic mass is 15.1. The van der Waals surface area contributed by atoms with E-state index in [-0.39, 0.29) is 16.2 Å². The van der Waals surface area contributed by atoms with Gasteiger partial charge in [-0.25, -0.2) is 0 Å². The van der Waals surface area contributed by atoms with Crippen LogP contribution in [-0.2, 0) is 16.2 Å². The molecule has 10 rings (SSSR count). The average molecular weight is 662 g/mol. The third-order valence-electron chi connectivity index (χ3n) is 13.3. The number of hydrogen-bond donors (Lipinski definition) is 0. The predicted molar refractivity (Wildman–Crippen MR) is 214 cm³/mol. The van der Waals surface area contributed by atoms with E-state index in [9.17, 15) is 0 Å². The second-order valence-corrected chi connectivity index (χ2v) is 17.4. The van der Waals surface area contributed by atoms with Gasteiger partial charge in [0, 0.05) is 27.9 Å². The Morgan fingerprint density at radius 3 is 1.80 bits per heavy atom. The summed E-state index contributed by atoms with van der Waals surface area (Å²) in [4.78, 5) is 2.50. The van der Waals surface area contributed by atoms with Gasteiger partial charge < -0.3 is 4.90 Å². The van der Waals surface area contributed by atoms with Gasteiger partial charge in [0.25, 0.3) is 0 Å². The minimum Gasteiger partial charge on any atom is -0.310 e. The van der Waals surface area contributed by atoms with Gasteiger partial charge in [-0.1, -0.05) is 138 Å². The summed E-state index contributed by atoms with van der Waals surface area (Å²) in [6.45, 7) is 11.7. The highest BCUT2D eigenvalue weighted by Gasteiger charge is 2.56. The summed E-state index contributed by atoms with van der Waals surface area (Å²) in [5.41, 5.74) is 19.4. The smallest absolute Gasteiger partial charge is 0.0465 e. The van der Waals surface area contributed by atoms with E-state index >= 15 is 0 Å². The molecule has 1 nitrogen and oxygen atoms in total. The van der Waals surface area contributed by atoms with Gasteiger partial charge in [-0.2, -0.15) is 0 Å². The largest absolute Gasteiger partial charge is 0.310 e. The minimum absolute atomic E-state index is 0.0559. The highest BCUT2D eigenvalue weighted by Crippen LogP contribution is 2.66. The van der Waals surface area contributed by atoms with Crippen molar-refractivity contribution in [1.29, 1.82) is 0 Å². The summed E-state index contributed by atoms with van der Waals surface area (Å²) in [7, 11) is 0. The Morgan fingerprint density at radius 2 is 1.14 bits per heavy atom. The van der Waals surface area contributed by atoms with E-state index in [4.69, 9.17) is 0 Å². The van der Waals surface area contributed by atoms with Crippen molar-refractivity contribution in [2.75, 3.05) is 4.90 Å². The molecule has 4 aliphatic rings. The number of benzene rings is 6. The van der Waals surface area contributed by atoms with Crippen molar-refractivity contribution in [2.24, 2.45) is 11.8 Å². The first-order chi connectivity index (χ1) is 24.6. The summed E-state index contributed by atoms with van der Waals surface area (Å²) in [6.07, 6.45) is 5.42. The third kappa shape index (κ3) is 4.40. The molecule has 1 heteroatoms. The maximum absolute atomic E-state index is 2.57. The predicted octanol–water partition coefficient (Wildman–Crippen LogP) is 13.5. The van der Waals surface area contributed by atoms with E-state index in [0.29, 0.717) is 0 Å². The summed E-state index contributed by atoms with van der Waals surface area (Å²) in [5, 5.41) is 0. The summed E-state index contributed by atoms with van der Waals surface area (Å²) < 4.78 is 0. The number of rotatable bonds is 4. The molecule has 0 aromatic heterocycles. The van der Waals surface area contributed by atoms with Crippen LogP contribution in [-0.4, -0.2) is 0 Å². The maximum Gasteiger partial charge on any atom is 0.0465 e. The van der Waals surface area contributed by atoms with Crippen molar-refractivity contribution in [3.63, 3.8) is 0 Å². The number of fused-ring (bicyclic) bond motifs is 11. The number of hydrogen-bond acceptors (Lipinski definition) is 1. The second-order valence-electron chi connectivity index (χ2n) is 17.4. The van der Waals surface area contributed by atoms with Gasteiger partial charge in [0.15, 0.2) is 0 Å². The van der Waals surface area contributed by atoms with Crippen LogP contribution in [0.3, 0.4) is 0 Å². The molecule has 6 aromatic rings. The first-order valence-electron chi connectivity index (χ1n) is 19.1. The first-order valence-corrected chi connectivity index (χ1v) is 19.1. The Balaban J connectivity index is 1.10. The van der Waals surface area contributed by atoms with Gasteiger partial charge in [-0.05, 0) is 134 Å². The summed E-state index contributed by atoms with van der Waals surface area (Å²) in [6, 6.07) is 51.2. The lowest BCUT2D eigenvalue weighted by Crippen LogP contribution is -2.32. The van der Waals surface area contributed by atoms with E-state index in [2.05, 4.69) is 173 Å². The second kappa shape index (κ2) is 10.8. The molecule has 51 heavy (non-hydrogen) atoms. The molecule has 0 amide bonds. The molecular weight excluding hydrogens is 615 g/mol. The van der Waals surface area contributed by atoms with Crippen molar-refractivity contribution in [1.82, 2.24) is 0 Å². The van der Waals surface area contributed by atoms with Crippen molar-refractivity contribution in [3.8, 4) is 33.4 Å². The first kappa shape index (κ1) is 30.9. The third-order valence-corrected chi connectivity index (χ3v) is 13.3. The Morgan fingerprint density at radius 1 is 0.549 bits per heavy atom. The monoisotopic (exact) mass is 661 g/mol.